The maximum absolute atomic E-state index is 7.02. The van der Waals surface area contributed by atoms with Gasteiger partial charge in [-0.3, -0.25) is 0 Å². The lowest BCUT2D eigenvalue weighted by atomic mass is 9.89. The van der Waals surface area contributed by atoms with Crippen LogP contribution in [-0.2, 0) is 52.4 Å². The number of benzene rings is 3. The molecule has 2 aliphatic rings. The predicted octanol–water partition coefficient (Wildman–Crippen LogP) is 11.0. The van der Waals surface area contributed by atoms with Gasteiger partial charge >= 0.3 is 0 Å². The van der Waals surface area contributed by atoms with Crippen LogP contribution >= 0.6 is 0 Å². The summed E-state index contributed by atoms with van der Waals surface area (Å²) >= 11 is 0. The fraction of sp³-hybridized carbons (Fsp3) is 0.532. The van der Waals surface area contributed by atoms with Gasteiger partial charge in [0, 0.05) is 5.92 Å². The van der Waals surface area contributed by atoms with Crippen molar-refractivity contribution in [1.29, 1.82) is 0 Å². The molecule has 0 saturated carbocycles. The Kier molecular flexibility index (Phi) is 15.6. The van der Waals surface area contributed by atoms with Gasteiger partial charge < -0.3 is 32.5 Å². The van der Waals surface area contributed by atoms with Crippen molar-refractivity contribution in [3.05, 3.63) is 132 Å². The summed E-state index contributed by atoms with van der Waals surface area (Å²) in [6.07, 6.45) is 7.09. The lowest BCUT2D eigenvalue weighted by Crippen LogP contribution is -2.60. The molecule has 5 rings (SSSR count). The highest BCUT2D eigenvalue weighted by Crippen LogP contribution is 2.40. The molecule has 0 aliphatic carbocycles. The predicted molar refractivity (Wildman–Crippen MR) is 231 cm³/mol. The van der Waals surface area contributed by atoms with Crippen LogP contribution in [0.25, 0.3) is 0 Å². The van der Waals surface area contributed by atoms with Crippen molar-refractivity contribution >= 4 is 16.6 Å². The van der Waals surface area contributed by atoms with Gasteiger partial charge in [0.2, 0.25) is 0 Å². The fourth-order valence-electron chi connectivity index (χ4n) is 6.45. The molecule has 2 aliphatic heterocycles. The Hall–Kier alpha value is -2.87. The van der Waals surface area contributed by atoms with Gasteiger partial charge in [-0.25, -0.2) is 0 Å². The van der Waals surface area contributed by atoms with E-state index in [0.717, 1.165) is 16.7 Å². The number of allylic oxidation sites excluding steroid dienone is 2. The van der Waals surface area contributed by atoms with Crippen molar-refractivity contribution in [3.63, 3.8) is 0 Å². The van der Waals surface area contributed by atoms with Crippen LogP contribution in [0, 0.1) is 5.92 Å². The van der Waals surface area contributed by atoms with E-state index in [0.29, 0.717) is 39.5 Å². The Labute approximate surface area is 340 Å². The highest BCUT2D eigenvalue weighted by molar-refractivity contribution is 6.74. The van der Waals surface area contributed by atoms with E-state index in [9.17, 15) is 0 Å². The highest BCUT2D eigenvalue weighted by atomic mass is 28.4. The molecule has 306 valence electrons. The molecule has 7 atom stereocenters. The summed E-state index contributed by atoms with van der Waals surface area (Å²) in [4.78, 5) is 0. The number of hydrogen-bond donors (Lipinski definition) is 0. The number of fused-ring (bicyclic) bond motifs is 1. The van der Waals surface area contributed by atoms with Crippen LogP contribution in [0.5, 0.6) is 0 Å². The molecule has 2 heterocycles. The molecule has 7 nitrogen and oxygen atoms in total. The average Bonchev–Trinajstić information content (AvgIpc) is 3.36. The molecule has 0 amide bonds. The zero-order chi connectivity index (χ0) is 40.4. The van der Waals surface area contributed by atoms with E-state index in [1.54, 1.807) is 0 Å². The molecule has 1 saturated heterocycles. The van der Waals surface area contributed by atoms with Gasteiger partial charge in [-0.15, -0.1) is 0 Å². The minimum absolute atomic E-state index is 0.0471. The van der Waals surface area contributed by atoms with E-state index >= 15 is 0 Å². The van der Waals surface area contributed by atoms with Crippen LogP contribution in [-0.4, -0.2) is 66.5 Å². The van der Waals surface area contributed by atoms with Crippen molar-refractivity contribution < 1.29 is 32.5 Å². The van der Waals surface area contributed by atoms with Crippen LogP contribution in [0.15, 0.2) is 115 Å². The number of rotatable bonds is 17. The molecule has 0 radical (unpaired) electrons. The molecule has 0 spiro atoms. The van der Waals surface area contributed by atoms with Crippen molar-refractivity contribution in [2.45, 2.75) is 141 Å². The van der Waals surface area contributed by atoms with Crippen LogP contribution in [0.1, 0.15) is 64.7 Å². The summed E-state index contributed by atoms with van der Waals surface area (Å²) in [5.41, 5.74) is 3.28. The maximum Gasteiger partial charge on any atom is 0.192 e. The molecular weight excluding hydrogens is 733 g/mol. The van der Waals surface area contributed by atoms with Crippen molar-refractivity contribution in [3.8, 4) is 0 Å². The molecular formula is C47H68O7Si2. The summed E-state index contributed by atoms with van der Waals surface area (Å²) in [7, 11) is -4.09. The van der Waals surface area contributed by atoms with E-state index in [1.807, 2.05) is 60.9 Å². The number of hydrogen-bond acceptors (Lipinski definition) is 7. The van der Waals surface area contributed by atoms with Gasteiger partial charge in [0.15, 0.2) is 22.7 Å². The Morgan fingerprint density at radius 3 is 1.75 bits per heavy atom. The van der Waals surface area contributed by atoms with Crippen molar-refractivity contribution in [2.24, 2.45) is 5.92 Å². The average molecular weight is 801 g/mol. The van der Waals surface area contributed by atoms with E-state index in [-0.39, 0.29) is 40.4 Å². The third-order valence-corrected chi connectivity index (χ3v) is 21.0. The summed E-state index contributed by atoms with van der Waals surface area (Å²) in [5, 5.41) is 0.177. The Morgan fingerprint density at radius 1 is 0.696 bits per heavy atom. The van der Waals surface area contributed by atoms with Gasteiger partial charge in [-0.05, 0) is 65.5 Å². The molecule has 56 heavy (non-hydrogen) atoms. The van der Waals surface area contributed by atoms with Gasteiger partial charge in [-0.1, -0.05) is 145 Å². The quantitative estimate of drug-likeness (QED) is 0.0995. The topological polar surface area (TPSA) is 64.6 Å². The minimum atomic E-state index is -2.10. The standard InChI is InChI=1S/C47H68O7Si2/c1-46(2,3)55(7,8)52-34-40(54-56(9,10)47(4,5)6)27-26-36-28-29-49-43-41(30-36)53-42(35-48-31-37-20-14-11-15-21-37)44(50-32-38-22-16-12-17-23-38)45(43)51-33-39-24-18-13-19-25-39/h11-29,36,40-45H,30-35H2,1-10H3/b27-26+/t36-,40+,41+,42-,43+,44-,45-/m1/s1. The third-order valence-electron chi connectivity index (χ3n) is 12.0. The summed E-state index contributed by atoms with van der Waals surface area (Å²) in [6, 6.07) is 30.7. The zero-order valence-electron chi connectivity index (χ0n) is 35.6. The van der Waals surface area contributed by atoms with Gasteiger partial charge in [-0.2, -0.15) is 0 Å². The molecule has 0 unspecified atom stereocenters. The Morgan fingerprint density at radius 2 is 1.21 bits per heavy atom. The maximum atomic E-state index is 7.02. The molecule has 3 aromatic rings. The molecule has 0 aromatic heterocycles. The number of ether oxygens (including phenoxy) is 5. The van der Waals surface area contributed by atoms with E-state index in [2.05, 4.69) is 122 Å². The van der Waals surface area contributed by atoms with Crippen LogP contribution in [0.2, 0.25) is 36.3 Å². The lowest BCUT2D eigenvalue weighted by Gasteiger charge is -2.45. The fourth-order valence-corrected chi connectivity index (χ4v) is 8.73. The first-order chi connectivity index (χ1) is 26.5. The van der Waals surface area contributed by atoms with Crippen molar-refractivity contribution in [1.82, 2.24) is 0 Å². The first-order valence-corrected chi connectivity index (χ1v) is 26.2. The van der Waals surface area contributed by atoms with E-state index in [4.69, 9.17) is 32.5 Å². The second kappa shape index (κ2) is 19.7. The normalized spacial score (nSPS) is 24.0. The second-order valence-electron chi connectivity index (χ2n) is 18.4. The summed E-state index contributed by atoms with van der Waals surface area (Å²) in [5.74, 6) is 0.0471. The summed E-state index contributed by atoms with van der Waals surface area (Å²) in [6.45, 7) is 25.1. The first kappa shape index (κ1) is 44.2. The van der Waals surface area contributed by atoms with Crippen molar-refractivity contribution in [2.75, 3.05) is 13.2 Å². The SMILES string of the molecule is CC(C)(C)[Si](C)(C)OC[C@H](/C=C/[C@@H]1C=CO[C@@H]2[C@@H](OCc3ccccc3)[C@H](OCc3ccccc3)[C@@H](COCc3ccccc3)O[C@H]2C1)O[Si](C)(C)C(C)(C)C. The lowest BCUT2D eigenvalue weighted by molar-refractivity contribution is -0.262. The molecule has 3 aromatic carbocycles. The Balaban J connectivity index is 1.40. The largest absolute Gasteiger partial charge is 0.493 e. The molecule has 9 heteroatoms. The van der Waals surface area contributed by atoms with Gasteiger partial charge in [0.25, 0.3) is 0 Å². The zero-order valence-corrected chi connectivity index (χ0v) is 37.6. The summed E-state index contributed by atoms with van der Waals surface area (Å²) < 4.78 is 47.3. The van der Waals surface area contributed by atoms with E-state index < -0.39 is 28.8 Å². The van der Waals surface area contributed by atoms with E-state index in [1.165, 1.54) is 0 Å². The minimum Gasteiger partial charge on any atom is -0.493 e. The molecule has 1 fully saturated rings. The van der Waals surface area contributed by atoms with Gasteiger partial charge in [0.05, 0.1) is 51.5 Å². The smallest absolute Gasteiger partial charge is 0.192 e. The molecule has 0 N–H and O–H groups in total. The first-order valence-electron chi connectivity index (χ1n) is 20.4. The van der Waals surface area contributed by atoms with Gasteiger partial charge in [0.1, 0.15) is 18.3 Å². The van der Waals surface area contributed by atoms with Crippen LogP contribution < -0.4 is 0 Å². The molecule has 0 bridgehead atoms. The monoisotopic (exact) mass is 800 g/mol. The third kappa shape index (κ3) is 12.6. The highest BCUT2D eigenvalue weighted by Gasteiger charge is 2.49. The van der Waals surface area contributed by atoms with Crippen LogP contribution in [0.3, 0.4) is 0 Å². The van der Waals surface area contributed by atoms with Crippen LogP contribution in [0.4, 0.5) is 0 Å². The second-order valence-corrected chi connectivity index (χ2v) is 28.0. The Bertz CT molecular complexity index is 1650.